The van der Waals surface area contributed by atoms with Gasteiger partial charge in [0.05, 0.1) is 5.56 Å². The highest BCUT2D eigenvalue weighted by Crippen LogP contribution is 2.23. The van der Waals surface area contributed by atoms with Crippen LogP contribution in [0.25, 0.3) is 0 Å². The van der Waals surface area contributed by atoms with Gasteiger partial charge in [0.15, 0.2) is 0 Å². The Labute approximate surface area is 181 Å². The highest BCUT2D eigenvalue weighted by Gasteiger charge is 2.18. The van der Waals surface area contributed by atoms with Gasteiger partial charge in [-0.1, -0.05) is 24.3 Å². The van der Waals surface area contributed by atoms with Gasteiger partial charge >= 0.3 is 0 Å². The van der Waals surface area contributed by atoms with E-state index in [4.69, 9.17) is 0 Å². The van der Waals surface area contributed by atoms with Gasteiger partial charge in [-0.05, 0) is 49.0 Å². The van der Waals surface area contributed by atoms with Crippen LogP contribution in [0.15, 0.2) is 66.9 Å². The van der Waals surface area contributed by atoms with Crippen molar-refractivity contribution in [3.05, 3.63) is 83.8 Å². The normalized spacial score (nSPS) is 14.3. The molecule has 1 aliphatic rings. The molecular formula is C24H26FN5O. The zero-order valence-corrected chi connectivity index (χ0v) is 17.5. The number of aromatic nitrogens is 1. The van der Waals surface area contributed by atoms with E-state index >= 15 is 0 Å². The number of nitrogens with zero attached hydrogens (tertiary/aromatic N) is 3. The molecule has 1 amide bonds. The number of nitrogens with one attached hydrogen (secondary N) is 2. The predicted octanol–water partition coefficient (Wildman–Crippen LogP) is 3.65. The van der Waals surface area contributed by atoms with Crippen LogP contribution in [-0.2, 0) is 6.54 Å². The fourth-order valence-corrected chi connectivity index (χ4v) is 3.68. The number of likely N-dealkylation sites (N-methyl/N-ethyl adjacent to an activating group) is 1. The Kier molecular flexibility index (Phi) is 6.43. The fourth-order valence-electron chi connectivity index (χ4n) is 3.68. The Balaban J connectivity index is 1.47. The lowest BCUT2D eigenvalue weighted by Crippen LogP contribution is -2.45. The number of carbonyl (C=O) groups is 1. The summed E-state index contributed by atoms with van der Waals surface area (Å²) in [5.74, 6) is -0.203. The average molecular weight is 420 g/mol. The summed E-state index contributed by atoms with van der Waals surface area (Å²) in [7, 11) is 2.13. The third-order valence-corrected chi connectivity index (χ3v) is 5.41. The van der Waals surface area contributed by atoms with E-state index in [1.165, 1.54) is 12.1 Å². The summed E-state index contributed by atoms with van der Waals surface area (Å²) >= 11 is 0. The van der Waals surface area contributed by atoms with E-state index in [0.29, 0.717) is 23.6 Å². The highest BCUT2D eigenvalue weighted by molar-refractivity contribution is 5.99. The highest BCUT2D eigenvalue weighted by atomic mass is 19.1. The lowest BCUT2D eigenvalue weighted by Gasteiger charge is -2.35. The van der Waals surface area contributed by atoms with E-state index in [9.17, 15) is 9.18 Å². The van der Waals surface area contributed by atoms with Crippen molar-refractivity contribution in [2.24, 2.45) is 0 Å². The number of pyridine rings is 1. The monoisotopic (exact) mass is 419 g/mol. The van der Waals surface area contributed by atoms with Crippen LogP contribution in [0.1, 0.15) is 15.9 Å². The molecule has 0 unspecified atom stereocenters. The molecule has 2 aromatic carbocycles. The SMILES string of the molecule is CN1CCN(c2ccccc2CNC(=O)c2cccnc2Nc2cccc(F)c2)CC1. The zero-order chi connectivity index (χ0) is 21.6. The molecule has 7 heteroatoms. The van der Waals surface area contributed by atoms with Crippen molar-refractivity contribution in [3.8, 4) is 0 Å². The second kappa shape index (κ2) is 9.57. The second-order valence-electron chi connectivity index (χ2n) is 7.64. The van der Waals surface area contributed by atoms with Crippen LogP contribution >= 0.6 is 0 Å². The van der Waals surface area contributed by atoms with Crippen LogP contribution < -0.4 is 15.5 Å². The summed E-state index contributed by atoms with van der Waals surface area (Å²) in [4.78, 5) is 21.9. The predicted molar refractivity (Wildman–Crippen MR) is 121 cm³/mol. The van der Waals surface area contributed by atoms with Gasteiger partial charge < -0.3 is 20.4 Å². The quantitative estimate of drug-likeness (QED) is 0.639. The first-order valence-corrected chi connectivity index (χ1v) is 10.4. The molecule has 1 fully saturated rings. The topological polar surface area (TPSA) is 60.5 Å². The molecule has 0 aliphatic carbocycles. The minimum atomic E-state index is -0.354. The Morgan fingerprint density at radius 1 is 1.03 bits per heavy atom. The molecule has 6 nitrogen and oxygen atoms in total. The molecule has 1 aliphatic heterocycles. The maximum Gasteiger partial charge on any atom is 0.255 e. The number of amides is 1. The summed E-state index contributed by atoms with van der Waals surface area (Å²) in [6.07, 6.45) is 1.60. The Bertz CT molecular complexity index is 1050. The Morgan fingerprint density at radius 3 is 2.65 bits per heavy atom. The molecule has 0 radical (unpaired) electrons. The summed E-state index contributed by atoms with van der Waals surface area (Å²) in [6.45, 7) is 4.38. The summed E-state index contributed by atoms with van der Waals surface area (Å²) in [6, 6.07) is 17.7. The second-order valence-corrected chi connectivity index (χ2v) is 7.64. The summed E-state index contributed by atoms with van der Waals surface area (Å²) in [5.41, 5.74) is 3.17. The lowest BCUT2D eigenvalue weighted by molar-refractivity contribution is 0.0951. The van der Waals surface area contributed by atoms with Crippen molar-refractivity contribution in [2.75, 3.05) is 43.4 Å². The Hall–Kier alpha value is -3.45. The molecule has 31 heavy (non-hydrogen) atoms. The first-order valence-electron chi connectivity index (χ1n) is 10.4. The average Bonchev–Trinajstić information content (AvgIpc) is 2.79. The van der Waals surface area contributed by atoms with Crippen molar-refractivity contribution in [2.45, 2.75) is 6.54 Å². The first kappa shape index (κ1) is 20.8. The number of piperazine rings is 1. The van der Waals surface area contributed by atoms with Gasteiger partial charge in [0.25, 0.3) is 5.91 Å². The molecule has 0 saturated carbocycles. The molecule has 2 heterocycles. The summed E-state index contributed by atoms with van der Waals surface area (Å²) in [5, 5.41) is 6.05. The number of hydrogen-bond donors (Lipinski definition) is 2. The molecule has 4 rings (SSSR count). The standard InChI is InChI=1S/C24H26FN5O/c1-29-12-14-30(15-13-29)22-10-3-2-6-18(22)17-27-24(31)21-9-5-11-26-23(21)28-20-8-4-7-19(25)16-20/h2-11,16H,12-15,17H2,1H3,(H,26,28)(H,27,31). The van der Waals surface area contributed by atoms with Crippen molar-refractivity contribution in [1.29, 1.82) is 0 Å². The summed E-state index contributed by atoms with van der Waals surface area (Å²) < 4.78 is 13.5. The van der Waals surface area contributed by atoms with Crippen LogP contribution in [0.5, 0.6) is 0 Å². The van der Waals surface area contributed by atoms with E-state index in [1.807, 2.05) is 18.2 Å². The molecule has 2 N–H and O–H groups in total. The van der Waals surface area contributed by atoms with Gasteiger partial charge in [-0.15, -0.1) is 0 Å². The van der Waals surface area contributed by atoms with Gasteiger partial charge in [-0.2, -0.15) is 0 Å². The third-order valence-electron chi connectivity index (χ3n) is 5.41. The van der Waals surface area contributed by atoms with Gasteiger partial charge in [-0.25, -0.2) is 9.37 Å². The maximum absolute atomic E-state index is 13.5. The van der Waals surface area contributed by atoms with Crippen LogP contribution in [0, 0.1) is 5.82 Å². The lowest BCUT2D eigenvalue weighted by atomic mass is 10.1. The van der Waals surface area contributed by atoms with Crippen molar-refractivity contribution in [1.82, 2.24) is 15.2 Å². The van der Waals surface area contributed by atoms with Crippen molar-refractivity contribution in [3.63, 3.8) is 0 Å². The molecule has 160 valence electrons. The van der Waals surface area contributed by atoms with E-state index in [-0.39, 0.29) is 11.7 Å². The minimum Gasteiger partial charge on any atom is -0.369 e. The molecule has 1 aromatic heterocycles. The number of para-hydroxylation sites is 1. The number of anilines is 3. The Morgan fingerprint density at radius 2 is 1.84 bits per heavy atom. The molecule has 0 spiro atoms. The van der Waals surface area contributed by atoms with Gasteiger partial charge in [-0.3, -0.25) is 4.79 Å². The number of rotatable bonds is 6. The zero-order valence-electron chi connectivity index (χ0n) is 17.5. The van der Waals surface area contributed by atoms with Crippen LogP contribution in [0.3, 0.4) is 0 Å². The number of benzene rings is 2. The maximum atomic E-state index is 13.5. The van der Waals surface area contributed by atoms with E-state index in [2.05, 4.69) is 38.5 Å². The smallest absolute Gasteiger partial charge is 0.255 e. The van der Waals surface area contributed by atoms with E-state index in [1.54, 1.807) is 30.5 Å². The molecule has 1 saturated heterocycles. The van der Waals surface area contributed by atoms with E-state index in [0.717, 1.165) is 37.4 Å². The van der Waals surface area contributed by atoms with Crippen LogP contribution in [0.2, 0.25) is 0 Å². The van der Waals surface area contributed by atoms with Gasteiger partial charge in [0.2, 0.25) is 0 Å². The molecule has 0 bridgehead atoms. The minimum absolute atomic E-state index is 0.236. The van der Waals surface area contributed by atoms with Gasteiger partial charge in [0.1, 0.15) is 11.6 Å². The molecular weight excluding hydrogens is 393 g/mol. The number of hydrogen-bond acceptors (Lipinski definition) is 5. The number of halogens is 1. The van der Waals surface area contributed by atoms with Crippen molar-refractivity contribution < 1.29 is 9.18 Å². The fraction of sp³-hybridized carbons (Fsp3) is 0.250. The van der Waals surface area contributed by atoms with Crippen LogP contribution in [-0.4, -0.2) is 49.0 Å². The largest absolute Gasteiger partial charge is 0.369 e. The third kappa shape index (κ3) is 5.19. The van der Waals surface area contributed by atoms with E-state index < -0.39 is 0 Å². The molecule has 3 aromatic rings. The van der Waals surface area contributed by atoms with Crippen molar-refractivity contribution >= 4 is 23.1 Å². The van der Waals surface area contributed by atoms with Crippen LogP contribution in [0.4, 0.5) is 21.6 Å². The first-order chi connectivity index (χ1) is 15.1. The molecule has 0 atom stereocenters. The number of carbonyl (C=O) groups excluding carboxylic acids is 1. The van der Waals surface area contributed by atoms with Gasteiger partial charge in [0, 0.05) is 50.3 Å².